The van der Waals surface area contributed by atoms with Crippen LogP contribution >= 0.6 is 0 Å². The monoisotopic (exact) mass is 486 g/mol. The predicted molar refractivity (Wildman–Crippen MR) is 81.3 cm³/mol. The van der Waals surface area contributed by atoms with Crippen molar-refractivity contribution in [3.8, 4) is 0 Å². The summed E-state index contributed by atoms with van der Waals surface area (Å²) in [5.41, 5.74) is 0.132. The van der Waals surface area contributed by atoms with Gasteiger partial charge in [-0.1, -0.05) is 0 Å². The van der Waals surface area contributed by atoms with E-state index >= 15 is 0 Å². The second-order valence-corrected chi connectivity index (χ2v) is 8.65. The van der Waals surface area contributed by atoms with E-state index in [9.17, 15) is 0 Å². The van der Waals surface area contributed by atoms with Crippen LogP contribution in [0.2, 0.25) is 0 Å². The molecule has 0 saturated carbocycles. The maximum atomic E-state index is 6.00. The van der Waals surface area contributed by atoms with Crippen molar-refractivity contribution in [1.29, 1.82) is 0 Å². The average Bonchev–Trinajstić information content (AvgIpc) is 2.14. The van der Waals surface area contributed by atoms with Crippen molar-refractivity contribution in [1.82, 2.24) is 0 Å². The van der Waals surface area contributed by atoms with E-state index in [-0.39, 0.29) is 17.1 Å². The van der Waals surface area contributed by atoms with Gasteiger partial charge >= 0.3 is 139 Å². The second kappa shape index (κ2) is 7.64. The van der Waals surface area contributed by atoms with Gasteiger partial charge in [-0.15, -0.1) is 0 Å². The molecule has 0 aliphatic rings. The van der Waals surface area contributed by atoms with Crippen LogP contribution in [0.1, 0.15) is 61.3 Å². The zero-order valence-electron chi connectivity index (χ0n) is 12.6. The summed E-state index contributed by atoms with van der Waals surface area (Å²) >= 11 is 3.92. The first-order valence-electron chi connectivity index (χ1n) is 6.40. The molecular formula is C14H26O2Te2. The van der Waals surface area contributed by atoms with Crippen LogP contribution in [-0.2, 0) is 9.47 Å². The molecule has 0 bridgehead atoms. The molecule has 2 nitrogen and oxygen atoms in total. The van der Waals surface area contributed by atoms with Crippen LogP contribution in [0.3, 0.4) is 0 Å². The third kappa shape index (κ3) is 7.49. The minimum atomic E-state index is -0.154. The minimum absolute atomic E-state index is 0.0658. The molecule has 0 aromatic rings. The van der Waals surface area contributed by atoms with Crippen LogP contribution in [0.15, 0.2) is 0 Å². The molecule has 0 saturated heterocycles. The van der Waals surface area contributed by atoms with E-state index in [1.54, 1.807) is 0 Å². The third-order valence-electron chi connectivity index (χ3n) is 2.23. The molecule has 0 radical (unpaired) electrons. The number of hydrogen-bond acceptors (Lipinski definition) is 2. The fourth-order valence-corrected chi connectivity index (χ4v) is 1.58. The molecule has 0 N–H and O–H groups in total. The van der Waals surface area contributed by atoms with Gasteiger partial charge < -0.3 is 0 Å². The van der Waals surface area contributed by atoms with E-state index in [2.05, 4.69) is 48.5 Å². The fraction of sp³-hybridized carbons (Fsp3) is 0.857. The van der Waals surface area contributed by atoms with E-state index in [4.69, 9.17) is 9.47 Å². The molecule has 0 unspecified atom stereocenters. The molecule has 4 heteroatoms. The molecule has 0 aromatic carbocycles. The summed E-state index contributed by atoms with van der Waals surface area (Å²) in [5, 5.41) is 0. The zero-order valence-corrected chi connectivity index (χ0v) is 17.3. The number of ether oxygens (including phenoxy) is 2. The van der Waals surface area contributed by atoms with Crippen molar-refractivity contribution >= 4 is 51.1 Å². The van der Waals surface area contributed by atoms with Crippen LogP contribution in [-0.4, -0.2) is 57.4 Å². The molecule has 0 aliphatic carbocycles. The van der Waals surface area contributed by atoms with Gasteiger partial charge in [0, 0.05) is 0 Å². The summed E-state index contributed by atoms with van der Waals surface area (Å²) in [7, 11) is 0. The SMILES string of the molecule is CCCC(OC(=[Te])C(C)(C)C)OC(=[Te])C(C)(C)C. The summed E-state index contributed by atoms with van der Waals surface area (Å²) in [5.74, 6) is 0. The van der Waals surface area contributed by atoms with Crippen LogP contribution < -0.4 is 0 Å². The Morgan fingerprint density at radius 3 is 1.44 bits per heavy atom. The number of rotatable bonds is 6. The van der Waals surface area contributed by atoms with Crippen molar-refractivity contribution < 1.29 is 9.47 Å². The van der Waals surface area contributed by atoms with Crippen LogP contribution in [0.4, 0.5) is 0 Å². The second-order valence-electron chi connectivity index (χ2n) is 6.53. The molecule has 0 fully saturated rings. The van der Waals surface area contributed by atoms with Crippen LogP contribution in [0.5, 0.6) is 0 Å². The molecule has 0 aliphatic heterocycles. The molecule has 0 heterocycles. The molecule has 0 spiro atoms. The van der Waals surface area contributed by atoms with Crippen LogP contribution in [0.25, 0.3) is 0 Å². The van der Waals surface area contributed by atoms with Gasteiger partial charge in [0.2, 0.25) is 0 Å². The van der Waals surface area contributed by atoms with E-state index in [0.29, 0.717) is 0 Å². The Balaban J connectivity index is 4.59. The fourth-order valence-electron chi connectivity index (χ4n) is 0.970. The standard InChI is InChI=1S/C14H26O2Te2/c1-8-9-10(15-11(17)13(2,3)4)16-12(18)14(5,6)7/h10H,8-9H2,1-7H3. The average molecular weight is 482 g/mol. The predicted octanol–water partition coefficient (Wildman–Crippen LogP) is 2.83. The zero-order chi connectivity index (χ0) is 14.6. The first-order valence-corrected chi connectivity index (χ1v) is 8.73. The first-order chi connectivity index (χ1) is 7.98. The van der Waals surface area contributed by atoms with E-state index in [1.807, 2.05) is 43.6 Å². The Hall–Kier alpha value is 0.919. The normalized spacial score (nSPS) is 12.4. The van der Waals surface area contributed by atoms with Gasteiger partial charge in [-0.3, -0.25) is 0 Å². The molecule has 106 valence electrons. The van der Waals surface area contributed by atoms with Crippen molar-refractivity contribution in [2.45, 2.75) is 67.6 Å². The van der Waals surface area contributed by atoms with Crippen molar-refractivity contribution in [2.24, 2.45) is 10.8 Å². The van der Waals surface area contributed by atoms with Gasteiger partial charge in [0.15, 0.2) is 0 Å². The van der Waals surface area contributed by atoms with E-state index in [1.165, 1.54) is 0 Å². The molecule has 0 amide bonds. The Bertz CT molecular complexity index is 270. The van der Waals surface area contributed by atoms with Gasteiger partial charge in [-0.25, -0.2) is 0 Å². The Morgan fingerprint density at radius 2 is 1.22 bits per heavy atom. The Kier molecular flexibility index (Phi) is 8.03. The molecule has 0 atom stereocenters. The third-order valence-corrected chi connectivity index (χ3v) is 6.27. The summed E-state index contributed by atoms with van der Waals surface area (Å²) in [6.45, 7) is 15.1. The van der Waals surface area contributed by atoms with Gasteiger partial charge in [0.05, 0.1) is 0 Å². The first kappa shape index (κ1) is 18.9. The number of hydrogen-bond donors (Lipinski definition) is 0. The van der Waals surface area contributed by atoms with Gasteiger partial charge in [0.25, 0.3) is 0 Å². The van der Waals surface area contributed by atoms with Crippen molar-refractivity contribution in [3.05, 3.63) is 0 Å². The molecule has 0 rings (SSSR count). The summed E-state index contributed by atoms with van der Waals surface area (Å²) in [6, 6.07) is 0. The summed E-state index contributed by atoms with van der Waals surface area (Å²) in [6.07, 6.45) is 1.82. The van der Waals surface area contributed by atoms with Gasteiger partial charge in [-0.05, 0) is 0 Å². The Morgan fingerprint density at radius 1 is 0.889 bits per heavy atom. The maximum absolute atomic E-state index is 6.00. The van der Waals surface area contributed by atoms with Crippen molar-refractivity contribution in [3.63, 3.8) is 0 Å². The Labute approximate surface area is 138 Å². The molecule has 18 heavy (non-hydrogen) atoms. The van der Waals surface area contributed by atoms with E-state index in [0.717, 1.165) is 20.3 Å². The summed E-state index contributed by atoms with van der Waals surface area (Å²) < 4.78 is 14.1. The molecule has 0 aromatic heterocycles. The molecular weight excluding hydrogens is 455 g/mol. The summed E-state index contributed by atoms with van der Waals surface area (Å²) in [4.78, 5) is 0. The van der Waals surface area contributed by atoms with E-state index < -0.39 is 0 Å². The quantitative estimate of drug-likeness (QED) is 0.429. The van der Waals surface area contributed by atoms with Crippen LogP contribution in [0, 0.1) is 10.8 Å². The van der Waals surface area contributed by atoms with Crippen molar-refractivity contribution in [2.75, 3.05) is 0 Å². The van der Waals surface area contributed by atoms with Gasteiger partial charge in [-0.2, -0.15) is 0 Å². The van der Waals surface area contributed by atoms with Gasteiger partial charge in [0.1, 0.15) is 0 Å². The topological polar surface area (TPSA) is 18.5 Å².